The predicted octanol–water partition coefficient (Wildman–Crippen LogP) is 3.60. The van der Waals surface area contributed by atoms with Crippen molar-refractivity contribution in [2.24, 2.45) is 0 Å². The van der Waals surface area contributed by atoms with Crippen LogP contribution in [0.5, 0.6) is 0 Å². The average Bonchev–Trinajstić information content (AvgIpc) is 3.44. The number of hydrogen-bond donors (Lipinski definition) is 1. The fraction of sp³-hybridized carbons (Fsp3) is 0.565. The number of likely N-dealkylation sites (N-methyl/N-ethyl adjacent to an activating group) is 1. The number of hydrogen-bond acceptors (Lipinski definition) is 7. The predicted molar refractivity (Wildman–Crippen MR) is 132 cm³/mol. The van der Waals surface area contributed by atoms with Gasteiger partial charge in [0.25, 0.3) is 0 Å². The first-order valence-corrected chi connectivity index (χ1v) is 13.6. The fourth-order valence-electron chi connectivity index (χ4n) is 4.92. The van der Waals surface area contributed by atoms with Crippen LogP contribution < -0.4 is 15.1 Å². The van der Waals surface area contributed by atoms with Crippen LogP contribution in [0.25, 0.3) is 0 Å². The summed E-state index contributed by atoms with van der Waals surface area (Å²) >= 11 is 3.53. The van der Waals surface area contributed by atoms with E-state index in [0.717, 1.165) is 85.4 Å². The van der Waals surface area contributed by atoms with Crippen LogP contribution in [-0.4, -0.2) is 64.9 Å². The lowest BCUT2D eigenvalue weighted by Crippen LogP contribution is -2.38. The maximum absolute atomic E-state index is 12.7. The molecular formula is C23H30BrN5O2S. The van der Waals surface area contributed by atoms with E-state index in [2.05, 4.69) is 62.2 Å². The van der Waals surface area contributed by atoms with Gasteiger partial charge in [-0.1, -0.05) is 15.9 Å². The van der Waals surface area contributed by atoms with Gasteiger partial charge in [0.15, 0.2) is 0 Å². The number of fused-ring (bicyclic) bond motifs is 1. The van der Waals surface area contributed by atoms with Gasteiger partial charge in [0.2, 0.25) is 5.95 Å². The molecule has 2 unspecified atom stereocenters. The number of halogens is 1. The molecule has 172 valence electrons. The Morgan fingerprint density at radius 2 is 2.00 bits per heavy atom. The molecule has 0 bridgehead atoms. The molecule has 2 aromatic rings. The highest BCUT2D eigenvalue weighted by Crippen LogP contribution is 2.33. The standard InChI is InChI=1S/C23H30BrN5O2S/c1-2-29(18-5-3-16(24)4-6-18)19-7-11-28(15-19)23-26-20-10-14-32(30)21(20)22(27-23)25-17-8-12-31-13-9-17/h3-6,17,19H,2,7-15H2,1H3,(H,25,26,27). The molecule has 3 aliphatic heterocycles. The lowest BCUT2D eigenvalue weighted by atomic mass is 10.1. The molecule has 32 heavy (non-hydrogen) atoms. The summed E-state index contributed by atoms with van der Waals surface area (Å²) in [4.78, 5) is 15.4. The van der Waals surface area contributed by atoms with Crippen molar-refractivity contribution in [2.45, 2.75) is 49.6 Å². The molecule has 3 aliphatic rings. The summed E-state index contributed by atoms with van der Waals surface area (Å²) in [6, 6.07) is 9.28. The van der Waals surface area contributed by atoms with Gasteiger partial charge in [-0.05, 0) is 50.5 Å². The van der Waals surface area contributed by atoms with Gasteiger partial charge in [-0.15, -0.1) is 0 Å². The molecule has 4 heterocycles. The van der Waals surface area contributed by atoms with Crippen molar-refractivity contribution in [3.63, 3.8) is 0 Å². The van der Waals surface area contributed by atoms with Crippen LogP contribution in [0.3, 0.4) is 0 Å². The molecule has 0 saturated carbocycles. The van der Waals surface area contributed by atoms with E-state index in [9.17, 15) is 4.21 Å². The Labute approximate surface area is 200 Å². The van der Waals surface area contributed by atoms with Crippen LogP contribution in [0.15, 0.2) is 33.6 Å². The number of aromatic nitrogens is 2. The topological polar surface area (TPSA) is 70.6 Å². The number of ether oxygens (including phenoxy) is 1. The van der Waals surface area contributed by atoms with Crippen molar-refractivity contribution in [1.82, 2.24) is 9.97 Å². The molecule has 2 fully saturated rings. The lowest BCUT2D eigenvalue weighted by molar-refractivity contribution is 0.0903. The SMILES string of the molecule is CCN(c1ccc(Br)cc1)C1CCN(c2nc3c(c(NC4CCOCC4)n2)S(=O)CC3)C1. The minimum atomic E-state index is -1.02. The van der Waals surface area contributed by atoms with E-state index in [0.29, 0.717) is 17.8 Å². The monoisotopic (exact) mass is 519 g/mol. The van der Waals surface area contributed by atoms with Crippen molar-refractivity contribution in [3.8, 4) is 0 Å². The third-order valence-electron chi connectivity index (χ3n) is 6.62. The Balaban J connectivity index is 1.37. The van der Waals surface area contributed by atoms with E-state index in [1.54, 1.807) is 0 Å². The quantitative estimate of drug-likeness (QED) is 0.624. The fourth-order valence-corrected chi connectivity index (χ4v) is 6.50. The Morgan fingerprint density at radius 3 is 2.75 bits per heavy atom. The summed E-state index contributed by atoms with van der Waals surface area (Å²) in [7, 11) is -1.02. The van der Waals surface area contributed by atoms with Crippen LogP contribution >= 0.6 is 15.9 Å². The highest BCUT2D eigenvalue weighted by atomic mass is 79.9. The first-order chi connectivity index (χ1) is 15.6. The highest BCUT2D eigenvalue weighted by molar-refractivity contribution is 9.10. The van der Waals surface area contributed by atoms with Gasteiger partial charge in [-0.2, -0.15) is 4.98 Å². The van der Waals surface area contributed by atoms with Crippen LogP contribution in [-0.2, 0) is 22.0 Å². The van der Waals surface area contributed by atoms with Crippen molar-refractivity contribution >= 4 is 44.2 Å². The number of aryl methyl sites for hydroxylation is 1. The number of nitrogens with zero attached hydrogens (tertiary/aromatic N) is 4. The smallest absolute Gasteiger partial charge is 0.227 e. The zero-order valence-corrected chi connectivity index (χ0v) is 20.8. The molecular weight excluding hydrogens is 490 g/mol. The summed E-state index contributed by atoms with van der Waals surface area (Å²) in [5.41, 5.74) is 2.20. The average molecular weight is 520 g/mol. The third kappa shape index (κ3) is 4.52. The van der Waals surface area contributed by atoms with Gasteiger partial charge >= 0.3 is 0 Å². The van der Waals surface area contributed by atoms with Gasteiger partial charge in [-0.3, -0.25) is 4.21 Å². The van der Waals surface area contributed by atoms with Crippen molar-refractivity contribution < 1.29 is 8.95 Å². The van der Waals surface area contributed by atoms with Crippen molar-refractivity contribution in [3.05, 3.63) is 34.4 Å². The van der Waals surface area contributed by atoms with Gasteiger partial charge in [0.1, 0.15) is 10.7 Å². The van der Waals surface area contributed by atoms with Crippen LogP contribution in [0, 0.1) is 0 Å². The molecule has 5 rings (SSSR count). The Bertz CT molecular complexity index is 983. The second-order valence-corrected chi connectivity index (χ2v) is 11.1. The summed E-state index contributed by atoms with van der Waals surface area (Å²) in [6.07, 6.45) is 3.73. The molecule has 0 radical (unpaired) electrons. The van der Waals surface area contributed by atoms with E-state index in [1.165, 1.54) is 5.69 Å². The maximum Gasteiger partial charge on any atom is 0.227 e. The largest absolute Gasteiger partial charge is 0.381 e. The second-order valence-electron chi connectivity index (χ2n) is 8.63. The highest BCUT2D eigenvalue weighted by Gasteiger charge is 2.32. The normalized spacial score (nSPS) is 23.4. The summed E-state index contributed by atoms with van der Waals surface area (Å²) in [5, 5.41) is 3.59. The Morgan fingerprint density at radius 1 is 1.22 bits per heavy atom. The van der Waals surface area contributed by atoms with Crippen LogP contribution in [0.1, 0.15) is 31.9 Å². The van der Waals surface area contributed by atoms with Gasteiger partial charge < -0.3 is 19.9 Å². The Kier molecular flexibility index (Phi) is 6.66. The molecule has 1 aromatic heterocycles. The minimum Gasteiger partial charge on any atom is -0.381 e. The van der Waals surface area contributed by atoms with Gasteiger partial charge in [0.05, 0.1) is 16.5 Å². The minimum absolute atomic E-state index is 0.313. The number of rotatable bonds is 6. The van der Waals surface area contributed by atoms with Crippen LogP contribution in [0.2, 0.25) is 0 Å². The van der Waals surface area contributed by atoms with E-state index in [1.807, 2.05) is 0 Å². The van der Waals surface area contributed by atoms with E-state index >= 15 is 0 Å². The molecule has 2 atom stereocenters. The molecule has 0 spiro atoms. The van der Waals surface area contributed by atoms with E-state index < -0.39 is 10.8 Å². The van der Waals surface area contributed by atoms with Gasteiger partial charge in [-0.25, -0.2) is 4.98 Å². The Hall–Kier alpha value is -1.71. The molecule has 1 aromatic carbocycles. The number of benzene rings is 1. The first kappa shape index (κ1) is 22.1. The van der Waals surface area contributed by atoms with Crippen LogP contribution in [0.4, 0.5) is 17.5 Å². The second kappa shape index (κ2) is 9.65. The third-order valence-corrected chi connectivity index (χ3v) is 8.61. The zero-order chi connectivity index (χ0) is 22.1. The van der Waals surface area contributed by atoms with Crippen molar-refractivity contribution in [2.75, 3.05) is 53.7 Å². The lowest BCUT2D eigenvalue weighted by Gasteiger charge is -2.30. The zero-order valence-electron chi connectivity index (χ0n) is 18.4. The maximum atomic E-state index is 12.7. The number of anilines is 3. The molecule has 9 heteroatoms. The van der Waals surface area contributed by atoms with Gasteiger partial charge in [0, 0.05) is 67.3 Å². The summed E-state index contributed by atoms with van der Waals surface area (Å²) < 4.78 is 19.3. The van der Waals surface area contributed by atoms with E-state index in [-0.39, 0.29) is 0 Å². The molecule has 1 N–H and O–H groups in total. The van der Waals surface area contributed by atoms with E-state index in [4.69, 9.17) is 14.7 Å². The van der Waals surface area contributed by atoms with Crippen molar-refractivity contribution in [1.29, 1.82) is 0 Å². The molecule has 0 amide bonds. The molecule has 7 nitrogen and oxygen atoms in total. The number of nitrogens with one attached hydrogen (secondary N) is 1. The first-order valence-electron chi connectivity index (χ1n) is 11.5. The molecule has 2 saturated heterocycles. The summed E-state index contributed by atoms with van der Waals surface area (Å²) in [6.45, 7) is 6.51. The summed E-state index contributed by atoms with van der Waals surface area (Å²) in [5.74, 6) is 2.19. The molecule has 0 aliphatic carbocycles.